The van der Waals surface area contributed by atoms with Crippen molar-refractivity contribution in [3.63, 3.8) is 0 Å². The zero-order valence-electron chi connectivity index (χ0n) is 14.6. The second kappa shape index (κ2) is 8.45. The van der Waals surface area contributed by atoms with Crippen LogP contribution < -0.4 is 5.01 Å². The van der Waals surface area contributed by atoms with Crippen molar-refractivity contribution in [1.82, 2.24) is 4.98 Å². The fraction of sp³-hybridized carbons (Fsp3) is 0.105. The molecule has 0 atom stereocenters. The van der Waals surface area contributed by atoms with Gasteiger partial charge in [-0.2, -0.15) is 9.49 Å². The average Bonchev–Trinajstić information content (AvgIpc) is 3.04. The number of hydrogen-bond acceptors (Lipinski definition) is 5. The van der Waals surface area contributed by atoms with Crippen LogP contribution in [0.1, 0.15) is 22.8 Å². The number of anilines is 1. The highest BCUT2D eigenvalue weighted by atomic mass is 35.5. The molecule has 3 rings (SSSR count). The first-order valence-corrected chi connectivity index (χ1v) is 9.35. The third-order valence-electron chi connectivity index (χ3n) is 3.77. The molecule has 144 valence electrons. The molecule has 1 aromatic heterocycles. The van der Waals surface area contributed by atoms with Crippen LogP contribution in [0, 0.1) is 10.9 Å². The maximum atomic E-state index is 14.4. The maximum Gasteiger partial charge on any atom is 0.336 e. The third kappa shape index (κ3) is 4.35. The molecule has 9 heteroatoms. The molecule has 0 saturated heterocycles. The third-order valence-corrected chi connectivity index (χ3v) is 4.87. The highest BCUT2D eigenvalue weighted by Crippen LogP contribution is 2.32. The number of carboxylic acids is 1. The monoisotopic (exact) mass is 421 g/mol. The Morgan fingerprint density at radius 2 is 2.11 bits per heavy atom. The van der Waals surface area contributed by atoms with Gasteiger partial charge in [0.25, 0.3) is 0 Å². The van der Waals surface area contributed by atoms with Crippen molar-refractivity contribution >= 4 is 40.3 Å². The smallest absolute Gasteiger partial charge is 0.336 e. The molecule has 1 heterocycles. The van der Waals surface area contributed by atoms with Crippen molar-refractivity contribution in [2.45, 2.75) is 6.92 Å². The van der Waals surface area contributed by atoms with Crippen LogP contribution in [0.3, 0.4) is 0 Å². The van der Waals surface area contributed by atoms with Crippen molar-refractivity contribution in [3.8, 4) is 11.3 Å². The van der Waals surface area contributed by atoms with Crippen molar-refractivity contribution in [3.05, 3.63) is 69.6 Å². The number of rotatable bonds is 6. The number of nitrogens with zero attached hydrogens (tertiary/aromatic N) is 3. The average molecular weight is 422 g/mol. The molecule has 0 saturated carbocycles. The number of hydrogen-bond donors (Lipinski definition) is 1. The Morgan fingerprint density at radius 3 is 2.79 bits per heavy atom. The number of aromatic carboxylic acids is 1. The number of aromatic nitrogens is 1. The van der Waals surface area contributed by atoms with Crippen LogP contribution in [-0.2, 0) is 0 Å². The molecule has 0 amide bonds. The standard InChI is InChI=1S/C19H14ClF2N3O2S/c1-2-25(23-10-12-6-7-14(21)9-15(12)18(26)27)19-24-16(17(22)28-19)11-4-3-5-13(20)8-11/h3-10H,2H2,1H3,(H,26,27)/b23-10+. The Balaban J connectivity index is 1.92. The highest BCUT2D eigenvalue weighted by molar-refractivity contribution is 7.14. The van der Waals surface area contributed by atoms with Crippen LogP contribution in [0.4, 0.5) is 13.9 Å². The lowest BCUT2D eigenvalue weighted by molar-refractivity contribution is 0.0696. The first-order chi connectivity index (χ1) is 13.4. The molecule has 0 fully saturated rings. The van der Waals surface area contributed by atoms with Crippen LogP contribution in [0.15, 0.2) is 47.6 Å². The topological polar surface area (TPSA) is 65.8 Å². The van der Waals surface area contributed by atoms with Gasteiger partial charge in [0.1, 0.15) is 11.5 Å². The summed E-state index contributed by atoms with van der Waals surface area (Å²) < 4.78 is 27.7. The van der Waals surface area contributed by atoms with Crippen molar-refractivity contribution in [2.75, 3.05) is 11.6 Å². The van der Waals surface area contributed by atoms with E-state index in [4.69, 9.17) is 11.6 Å². The summed E-state index contributed by atoms with van der Waals surface area (Å²) in [7, 11) is 0. The quantitative estimate of drug-likeness (QED) is 0.433. The summed E-state index contributed by atoms with van der Waals surface area (Å²) in [6, 6.07) is 10.1. The lowest BCUT2D eigenvalue weighted by Gasteiger charge is -2.12. The van der Waals surface area contributed by atoms with Gasteiger partial charge in [-0.25, -0.2) is 19.2 Å². The Hall–Kier alpha value is -2.84. The second-order valence-corrected chi connectivity index (χ2v) is 6.99. The number of benzene rings is 2. The van der Waals surface area contributed by atoms with E-state index in [1.807, 2.05) is 0 Å². The minimum absolute atomic E-state index is 0.157. The minimum Gasteiger partial charge on any atom is -0.478 e. The molecule has 2 aromatic carbocycles. The number of hydrazone groups is 1. The lowest BCUT2D eigenvalue weighted by atomic mass is 10.1. The van der Waals surface area contributed by atoms with Gasteiger partial charge in [-0.1, -0.05) is 35.1 Å². The fourth-order valence-electron chi connectivity index (χ4n) is 2.44. The summed E-state index contributed by atoms with van der Waals surface area (Å²) in [6.07, 6.45) is 1.28. The zero-order chi connectivity index (χ0) is 20.3. The van der Waals surface area contributed by atoms with E-state index in [1.54, 1.807) is 31.2 Å². The molecule has 1 N–H and O–H groups in total. The summed E-state index contributed by atoms with van der Waals surface area (Å²) in [5.74, 6) is -1.93. The van der Waals surface area contributed by atoms with E-state index in [0.717, 1.165) is 23.5 Å². The van der Waals surface area contributed by atoms with Gasteiger partial charge in [-0.15, -0.1) is 0 Å². The molecule has 0 unspecified atom stereocenters. The summed E-state index contributed by atoms with van der Waals surface area (Å²) in [5, 5.41) is 15.1. The van der Waals surface area contributed by atoms with Gasteiger partial charge in [0, 0.05) is 22.7 Å². The molecule has 0 aliphatic carbocycles. The van der Waals surface area contributed by atoms with Gasteiger partial charge in [0.05, 0.1) is 11.8 Å². The predicted octanol–water partition coefficient (Wildman–Crippen LogP) is 5.30. The van der Waals surface area contributed by atoms with Crippen molar-refractivity contribution < 1.29 is 18.7 Å². The molecule has 0 bridgehead atoms. The number of halogens is 3. The molecule has 0 radical (unpaired) electrons. The summed E-state index contributed by atoms with van der Waals surface area (Å²) in [6.45, 7) is 2.15. The number of carbonyl (C=O) groups is 1. The molecule has 0 aliphatic rings. The van der Waals surface area contributed by atoms with E-state index in [2.05, 4.69) is 10.1 Å². The van der Waals surface area contributed by atoms with Gasteiger partial charge >= 0.3 is 5.97 Å². The van der Waals surface area contributed by atoms with E-state index in [9.17, 15) is 18.7 Å². The van der Waals surface area contributed by atoms with Crippen LogP contribution >= 0.6 is 22.9 Å². The summed E-state index contributed by atoms with van der Waals surface area (Å²) in [4.78, 5) is 15.6. The van der Waals surface area contributed by atoms with Crippen LogP contribution in [-0.4, -0.2) is 28.8 Å². The Morgan fingerprint density at radius 1 is 1.32 bits per heavy atom. The largest absolute Gasteiger partial charge is 0.478 e. The van der Waals surface area contributed by atoms with Gasteiger partial charge in [-0.05, 0) is 37.3 Å². The molecule has 5 nitrogen and oxygen atoms in total. The zero-order valence-corrected chi connectivity index (χ0v) is 16.1. The number of carboxylic acid groups (broad SMARTS) is 1. The van der Waals surface area contributed by atoms with Crippen LogP contribution in [0.2, 0.25) is 5.02 Å². The second-order valence-electron chi connectivity index (χ2n) is 5.63. The number of thiazole rings is 1. The first-order valence-electron chi connectivity index (χ1n) is 8.15. The molecular weight excluding hydrogens is 408 g/mol. The molecule has 0 aliphatic heterocycles. The fourth-order valence-corrected chi connectivity index (χ4v) is 3.47. The molecule has 0 spiro atoms. The Kier molecular flexibility index (Phi) is 6.01. The Labute approximate surface area is 168 Å². The first kappa shape index (κ1) is 19.9. The molecule has 3 aromatic rings. The van der Waals surface area contributed by atoms with Crippen LogP contribution in [0.5, 0.6) is 0 Å². The van der Waals surface area contributed by atoms with Gasteiger partial charge in [-0.3, -0.25) is 0 Å². The van der Waals surface area contributed by atoms with E-state index in [1.165, 1.54) is 17.3 Å². The van der Waals surface area contributed by atoms with E-state index in [0.29, 0.717) is 22.3 Å². The van der Waals surface area contributed by atoms with Crippen molar-refractivity contribution in [2.24, 2.45) is 5.10 Å². The van der Waals surface area contributed by atoms with Gasteiger partial charge in [0.2, 0.25) is 10.3 Å². The normalized spacial score (nSPS) is 11.1. The van der Waals surface area contributed by atoms with Gasteiger partial charge in [0.15, 0.2) is 0 Å². The molecular formula is C19H14ClF2N3O2S. The van der Waals surface area contributed by atoms with E-state index in [-0.39, 0.29) is 16.8 Å². The molecule has 28 heavy (non-hydrogen) atoms. The van der Waals surface area contributed by atoms with E-state index < -0.39 is 16.9 Å². The minimum atomic E-state index is -1.27. The lowest BCUT2D eigenvalue weighted by Crippen LogP contribution is -2.16. The maximum absolute atomic E-state index is 14.4. The summed E-state index contributed by atoms with van der Waals surface area (Å²) in [5.41, 5.74) is 0.701. The Bertz CT molecular complexity index is 1060. The van der Waals surface area contributed by atoms with Crippen LogP contribution in [0.25, 0.3) is 11.3 Å². The van der Waals surface area contributed by atoms with Crippen molar-refractivity contribution in [1.29, 1.82) is 0 Å². The van der Waals surface area contributed by atoms with Gasteiger partial charge < -0.3 is 5.11 Å². The SMILES string of the molecule is CCN(/N=C/c1ccc(F)cc1C(=O)O)c1nc(-c2cccc(Cl)c2)c(F)s1. The highest BCUT2D eigenvalue weighted by Gasteiger charge is 2.17. The predicted molar refractivity (Wildman–Crippen MR) is 106 cm³/mol. The summed E-state index contributed by atoms with van der Waals surface area (Å²) >= 11 is 6.77. The van der Waals surface area contributed by atoms with E-state index >= 15 is 0 Å².